The van der Waals surface area contributed by atoms with Crippen LogP contribution in [0, 0.1) is 10.1 Å². The number of benzene rings is 2. The van der Waals surface area contributed by atoms with Crippen LogP contribution < -0.4 is 10.6 Å². The van der Waals surface area contributed by atoms with E-state index in [2.05, 4.69) is 10.6 Å². The van der Waals surface area contributed by atoms with Gasteiger partial charge in [-0.05, 0) is 24.3 Å². The number of nitrogens with zero attached hydrogens (tertiary/aromatic N) is 1. The van der Waals surface area contributed by atoms with Crippen molar-refractivity contribution < 1.29 is 14.5 Å². The highest BCUT2D eigenvalue weighted by Gasteiger charge is 2.28. The number of para-hydroxylation sites is 1. The third kappa shape index (κ3) is 3.54. The molecule has 1 heterocycles. The second-order valence-corrected chi connectivity index (χ2v) is 6.39. The van der Waals surface area contributed by atoms with Gasteiger partial charge in [0, 0.05) is 29.1 Å². The lowest BCUT2D eigenvalue weighted by Crippen LogP contribution is -2.32. The first kappa shape index (κ1) is 16.0. The Labute approximate surface area is 141 Å². The summed E-state index contributed by atoms with van der Waals surface area (Å²) in [6.07, 6.45) is 0.0157. The van der Waals surface area contributed by atoms with E-state index in [1.807, 2.05) is 24.3 Å². The summed E-state index contributed by atoms with van der Waals surface area (Å²) in [6, 6.07) is 13.0. The van der Waals surface area contributed by atoms with Crippen LogP contribution in [0.3, 0.4) is 0 Å². The van der Waals surface area contributed by atoms with Crippen molar-refractivity contribution in [2.45, 2.75) is 16.6 Å². The minimum absolute atomic E-state index is 0.0157. The molecule has 7 nitrogen and oxygen atoms in total. The maximum absolute atomic E-state index is 12.1. The minimum Gasteiger partial charge on any atom is -0.326 e. The third-order valence-corrected chi connectivity index (χ3v) is 4.71. The lowest BCUT2D eigenvalue weighted by Gasteiger charge is -2.23. The molecule has 0 spiro atoms. The predicted molar refractivity (Wildman–Crippen MR) is 91.1 cm³/mol. The van der Waals surface area contributed by atoms with Crippen molar-refractivity contribution in [2.75, 3.05) is 10.6 Å². The largest absolute Gasteiger partial charge is 0.326 e. The molecule has 3 rings (SSSR count). The fourth-order valence-corrected chi connectivity index (χ4v) is 3.38. The summed E-state index contributed by atoms with van der Waals surface area (Å²) in [5, 5.41) is 15.5. The number of nitro groups is 1. The molecular formula is C16H13N3O4S. The molecule has 2 N–H and O–H groups in total. The number of nitrogens with one attached hydrogen (secondary N) is 2. The van der Waals surface area contributed by atoms with Gasteiger partial charge in [0.1, 0.15) is 0 Å². The van der Waals surface area contributed by atoms with Gasteiger partial charge in [0.15, 0.2) is 0 Å². The summed E-state index contributed by atoms with van der Waals surface area (Å²) in [7, 11) is 0. The van der Waals surface area contributed by atoms with Crippen molar-refractivity contribution in [3.63, 3.8) is 0 Å². The quantitative estimate of drug-likeness (QED) is 0.656. The first-order valence-corrected chi connectivity index (χ1v) is 8.02. The van der Waals surface area contributed by atoms with E-state index in [-0.39, 0.29) is 23.9 Å². The van der Waals surface area contributed by atoms with Gasteiger partial charge in [0.2, 0.25) is 11.8 Å². The Morgan fingerprint density at radius 3 is 2.62 bits per heavy atom. The normalized spacial score (nSPS) is 16.0. The number of non-ortho nitro benzene ring substituents is 1. The number of hydrogen-bond donors (Lipinski definition) is 2. The number of carbonyl (C=O) groups is 2. The first-order chi connectivity index (χ1) is 11.5. The summed E-state index contributed by atoms with van der Waals surface area (Å²) in [5.74, 6) is -0.534. The minimum atomic E-state index is -0.516. The van der Waals surface area contributed by atoms with E-state index < -0.39 is 10.2 Å². The molecule has 0 bridgehead atoms. The molecule has 2 aromatic carbocycles. The Hall–Kier alpha value is -2.87. The zero-order chi connectivity index (χ0) is 17.1. The van der Waals surface area contributed by atoms with Crippen molar-refractivity contribution >= 4 is 40.6 Å². The molecule has 24 heavy (non-hydrogen) atoms. The van der Waals surface area contributed by atoms with Crippen LogP contribution in [0.2, 0.25) is 0 Å². The molecule has 1 aliphatic heterocycles. The van der Waals surface area contributed by atoms with Crippen LogP contribution in [0.5, 0.6) is 0 Å². The second kappa shape index (κ2) is 6.71. The van der Waals surface area contributed by atoms with Gasteiger partial charge in [-0.2, -0.15) is 0 Å². The summed E-state index contributed by atoms with van der Waals surface area (Å²) >= 11 is 1.35. The summed E-state index contributed by atoms with van der Waals surface area (Å²) in [5.41, 5.74) is 1.15. The number of thioether (sulfide) groups is 1. The number of rotatable bonds is 4. The molecule has 0 unspecified atom stereocenters. The van der Waals surface area contributed by atoms with E-state index in [0.29, 0.717) is 5.69 Å². The fraction of sp³-hybridized carbons (Fsp3) is 0.125. The molecule has 0 saturated heterocycles. The highest BCUT2D eigenvalue weighted by atomic mass is 32.2. The Kier molecular flexibility index (Phi) is 4.48. The smallest absolute Gasteiger partial charge is 0.269 e. The van der Waals surface area contributed by atoms with Gasteiger partial charge >= 0.3 is 0 Å². The van der Waals surface area contributed by atoms with Crippen molar-refractivity contribution in [1.82, 2.24) is 0 Å². The lowest BCUT2D eigenvalue weighted by atomic mass is 10.2. The molecule has 0 aliphatic carbocycles. The molecule has 2 aromatic rings. The third-order valence-electron chi connectivity index (χ3n) is 3.44. The van der Waals surface area contributed by atoms with Crippen LogP contribution in [0.1, 0.15) is 6.42 Å². The topological polar surface area (TPSA) is 101 Å². The Morgan fingerprint density at radius 2 is 1.92 bits per heavy atom. The van der Waals surface area contributed by atoms with E-state index >= 15 is 0 Å². The summed E-state index contributed by atoms with van der Waals surface area (Å²) in [6.45, 7) is 0. The predicted octanol–water partition coefficient (Wildman–Crippen LogP) is 3.04. The molecule has 8 heteroatoms. The van der Waals surface area contributed by atoms with Crippen LogP contribution in [-0.4, -0.2) is 22.0 Å². The van der Waals surface area contributed by atoms with Gasteiger partial charge in [-0.15, -0.1) is 11.8 Å². The Morgan fingerprint density at radius 1 is 1.21 bits per heavy atom. The maximum Gasteiger partial charge on any atom is 0.269 e. The van der Waals surface area contributed by atoms with Crippen molar-refractivity contribution in [2.24, 2.45) is 0 Å². The second-order valence-electron chi connectivity index (χ2n) is 5.15. The number of hydrogen-bond acceptors (Lipinski definition) is 5. The zero-order valence-corrected chi connectivity index (χ0v) is 13.2. The van der Waals surface area contributed by atoms with Crippen LogP contribution in [0.25, 0.3) is 0 Å². The first-order valence-electron chi connectivity index (χ1n) is 7.14. The van der Waals surface area contributed by atoms with Crippen LogP contribution in [0.15, 0.2) is 53.4 Å². The van der Waals surface area contributed by atoms with E-state index in [0.717, 1.165) is 10.6 Å². The highest BCUT2D eigenvalue weighted by Crippen LogP contribution is 2.36. The fourth-order valence-electron chi connectivity index (χ4n) is 2.27. The van der Waals surface area contributed by atoms with E-state index in [4.69, 9.17) is 0 Å². The van der Waals surface area contributed by atoms with Crippen molar-refractivity contribution in [3.05, 3.63) is 58.6 Å². The highest BCUT2D eigenvalue weighted by molar-refractivity contribution is 8.01. The average molecular weight is 343 g/mol. The Balaban J connectivity index is 1.63. The maximum atomic E-state index is 12.1. The van der Waals surface area contributed by atoms with Gasteiger partial charge < -0.3 is 10.6 Å². The SMILES string of the molecule is O=C(C[C@@H]1Sc2ccccc2NC1=O)Nc1ccc([N+](=O)[O-])cc1. The molecule has 2 amide bonds. The molecule has 0 aromatic heterocycles. The monoisotopic (exact) mass is 343 g/mol. The van der Waals surface area contributed by atoms with Gasteiger partial charge in [-0.1, -0.05) is 12.1 Å². The zero-order valence-electron chi connectivity index (χ0n) is 12.4. The summed E-state index contributed by atoms with van der Waals surface area (Å²) in [4.78, 5) is 35.2. The molecule has 122 valence electrons. The lowest BCUT2D eigenvalue weighted by molar-refractivity contribution is -0.384. The average Bonchev–Trinajstić information content (AvgIpc) is 2.56. The van der Waals surface area contributed by atoms with Crippen molar-refractivity contribution in [3.8, 4) is 0 Å². The number of nitro benzene ring substituents is 1. The number of fused-ring (bicyclic) bond motifs is 1. The van der Waals surface area contributed by atoms with Gasteiger partial charge in [-0.3, -0.25) is 19.7 Å². The van der Waals surface area contributed by atoms with Gasteiger partial charge in [0.05, 0.1) is 15.9 Å². The van der Waals surface area contributed by atoms with Crippen LogP contribution in [0.4, 0.5) is 17.1 Å². The van der Waals surface area contributed by atoms with E-state index in [9.17, 15) is 19.7 Å². The number of amides is 2. The van der Waals surface area contributed by atoms with Crippen LogP contribution in [-0.2, 0) is 9.59 Å². The standard InChI is InChI=1S/C16H13N3O4S/c20-15(17-10-5-7-11(8-6-10)19(22)23)9-14-16(21)18-12-3-1-2-4-13(12)24-14/h1-8,14H,9H2,(H,17,20)(H,18,21)/t14-/m0/s1. The summed E-state index contributed by atoms with van der Waals surface area (Å²) < 4.78 is 0. The van der Waals surface area contributed by atoms with Crippen LogP contribution >= 0.6 is 11.8 Å². The molecule has 1 atom stereocenters. The van der Waals surface area contributed by atoms with Gasteiger partial charge in [0.25, 0.3) is 5.69 Å². The van der Waals surface area contributed by atoms with E-state index in [1.54, 1.807) is 0 Å². The number of carbonyl (C=O) groups excluding carboxylic acids is 2. The molecule has 0 fully saturated rings. The molecule has 0 saturated carbocycles. The Bertz CT molecular complexity index is 807. The molecular weight excluding hydrogens is 330 g/mol. The van der Waals surface area contributed by atoms with Gasteiger partial charge in [-0.25, -0.2) is 0 Å². The molecule has 0 radical (unpaired) electrons. The van der Waals surface area contributed by atoms with E-state index in [1.165, 1.54) is 36.0 Å². The number of anilines is 2. The molecule has 1 aliphatic rings. The van der Waals surface area contributed by atoms with Crippen molar-refractivity contribution in [1.29, 1.82) is 0 Å².